The van der Waals surface area contributed by atoms with E-state index in [2.05, 4.69) is 20.6 Å². The lowest BCUT2D eigenvalue weighted by molar-refractivity contribution is -0.137. The number of hydrogen-bond acceptors (Lipinski definition) is 4. The number of aliphatic hydroxyl groups excluding tert-OH is 1. The normalized spacial score (nSPS) is 13.4. The average Bonchev–Trinajstić information content (AvgIpc) is 2.97. The summed E-state index contributed by atoms with van der Waals surface area (Å²) in [5.74, 6) is 0.103. The average molecular weight is 300 g/mol. The zero-order valence-corrected chi connectivity index (χ0v) is 11.4. The third kappa shape index (κ3) is 3.57. The van der Waals surface area contributed by atoms with Crippen molar-refractivity contribution in [1.29, 1.82) is 0 Å². The fourth-order valence-electron chi connectivity index (χ4n) is 2.05. The van der Waals surface area contributed by atoms with Gasteiger partial charge >= 0.3 is 6.18 Å². The first kappa shape index (κ1) is 15.4. The van der Waals surface area contributed by atoms with Gasteiger partial charge in [-0.05, 0) is 34.5 Å². The largest absolute Gasteiger partial charge is 0.416 e. The molecule has 5 nitrogen and oxygen atoms in total. The summed E-state index contributed by atoms with van der Waals surface area (Å²) in [6.45, 7) is 1.97. The molecular weight excluding hydrogens is 285 g/mol. The third-order valence-electron chi connectivity index (χ3n) is 3.17. The number of tetrazole rings is 1. The molecule has 21 heavy (non-hydrogen) atoms. The molecular formula is C13H15F3N4O. The molecule has 114 valence electrons. The van der Waals surface area contributed by atoms with E-state index in [4.69, 9.17) is 0 Å². The molecule has 1 aromatic heterocycles. The van der Waals surface area contributed by atoms with E-state index in [1.165, 1.54) is 6.07 Å². The molecule has 0 radical (unpaired) electrons. The van der Waals surface area contributed by atoms with Crippen molar-refractivity contribution in [2.45, 2.75) is 38.5 Å². The first-order chi connectivity index (χ1) is 9.93. The standard InChI is InChI=1S/C13H15F3N4O/c1-2-3-4-11(21)9-6-5-8(13(14,15)16)7-10(9)12-17-19-20-18-12/h5-7,11,21H,2-4H2,1H3,(H,17,18,19,20). The molecule has 1 atom stereocenters. The van der Waals surface area contributed by atoms with Crippen LogP contribution in [0.25, 0.3) is 11.4 Å². The van der Waals surface area contributed by atoms with Gasteiger partial charge in [-0.3, -0.25) is 0 Å². The Kier molecular flexibility index (Phi) is 4.56. The maximum atomic E-state index is 12.8. The molecule has 0 spiro atoms. The van der Waals surface area contributed by atoms with Gasteiger partial charge < -0.3 is 5.11 Å². The maximum absolute atomic E-state index is 12.8. The van der Waals surface area contributed by atoms with Crippen LogP contribution in [0.1, 0.15) is 43.4 Å². The monoisotopic (exact) mass is 300 g/mol. The van der Waals surface area contributed by atoms with Crippen molar-refractivity contribution < 1.29 is 18.3 Å². The van der Waals surface area contributed by atoms with Crippen molar-refractivity contribution in [3.63, 3.8) is 0 Å². The van der Waals surface area contributed by atoms with Crippen LogP contribution in [0.2, 0.25) is 0 Å². The Balaban J connectivity index is 2.45. The van der Waals surface area contributed by atoms with Gasteiger partial charge in [0.25, 0.3) is 0 Å². The number of aromatic nitrogens is 4. The zero-order chi connectivity index (χ0) is 15.5. The molecule has 0 bridgehead atoms. The zero-order valence-electron chi connectivity index (χ0n) is 11.4. The number of aliphatic hydroxyl groups is 1. The topological polar surface area (TPSA) is 74.7 Å². The predicted molar refractivity (Wildman–Crippen MR) is 69.1 cm³/mol. The number of alkyl halides is 3. The second-order valence-electron chi connectivity index (χ2n) is 4.71. The molecule has 0 saturated heterocycles. The van der Waals surface area contributed by atoms with Gasteiger partial charge in [-0.15, -0.1) is 5.10 Å². The number of unbranched alkanes of at least 4 members (excludes halogenated alkanes) is 1. The van der Waals surface area contributed by atoms with Gasteiger partial charge in [-0.25, -0.2) is 5.10 Å². The molecule has 0 aliphatic rings. The number of halogens is 3. The van der Waals surface area contributed by atoms with Crippen LogP contribution in [0.15, 0.2) is 18.2 Å². The van der Waals surface area contributed by atoms with Crippen LogP contribution in [0.4, 0.5) is 13.2 Å². The van der Waals surface area contributed by atoms with E-state index in [1.807, 2.05) is 6.92 Å². The lowest BCUT2D eigenvalue weighted by Gasteiger charge is -2.16. The van der Waals surface area contributed by atoms with Gasteiger partial charge in [-0.1, -0.05) is 25.8 Å². The lowest BCUT2D eigenvalue weighted by atomic mass is 9.96. The van der Waals surface area contributed by atoms with Crippen molar-refractivity contribution in [2.24, 2.45) is 0 Å². The predicted octanol–water partition coefficient (Wildman–Crippen LogP) is 3.11. The third-order valence-corrected chi connectivity index (χ3v) is 3.17. The minimum atomic E-state index is -4.46. The number of nitrogens with zero attached hydrogens (tertiary/aromatic N) is 3. The lowest BCUT2D eigenvalue weighted by Crippen LogP contribution is -2.08. The molecule has 2 aromatic rings. The Bertz CT molecular complexity index is 584. The van der Waals surface area contributed by atoms with Crippen molar-refractivity contribution >= 4 is 0 Å². The summed E-state index contributed by atoms with van der Waals surface area (Å²) in [5.41, 5.74) is -0.256. The highest BCUT2D eigenvalue weighted by atomic mass is 19.4. The maximum Gasteiger partial charge on any atom is 0.416 e. The number of benzene rings is 1. The van der Waals surface area contributed by atoms with E-state index in [0.717, 1.165) is 25.0 Å². The van der Waals surface area contributed by atoms with E-state index >= 15 is 0 Å². The summed E-state index contributed by atoms with van der Waals surface area (Å²) < 4.78 is 38.5. The number of aromatic amines is 1. The Hall–Kier alpha value is -1.96. The van der Waals surface area contributed by atoms with E-state index in [-0.39, 0.29) is 11.4 Å². The number of H-pyrrole nitrogens is 1. The van der Waals surface area contributed by atoms with Crippen LogP contribution in [-0.2, 0) is 6.18 Å². The fraction of sp³-hybridized carbons (Fsp3) is 0.462. The Morgan fingerprint density at radius 2 is 2.10 bits per heavy atom. The second kappa shape index (κ2) is 6.21. The van der Waals surface area contributed by atoms with Gasteiger partial charge in [0.2, 0.25) is 0 Å². The van der Waals surface area contributed by atoms with E-state index in [0.29, 0.717) is 12.0 Å². The van der Waals surface area contributed by atoms with Crippen LogP contribution >= 0.6 is 0 Å². The summed E-state index contributed by atoms with van der Waals surface area (Å²) in [5, 5.41) is 23.0. The van der Waals surface area contributed by atoms with Crippen LogP contribution in [0.5, 0.6) is 0 Å². The van der Waals surface area contributed by atoms with Crippen molar-refractivity contribution in [1.82, 2.24) is 20.6 Å². The Morgan fingerprint density at radius 1 is 1.33 bits per heavy atom. The molecule has 2 rings (SSSR count). The second-order valence-corrected chi connectivity index (χ2v) is 4.71. The molecule has 2 N–H and O–H groups in total. The Labute approximate surface area is 119 Å². The molecule has 0 saturated carbocycles. The minimum Gasteiger partial charge on any atom is -0.388 e. The van der Waals surface area contributed by atoms with Crippen molar-refractivity contribution in [3.05, 3.63) is 29.3 Å². The van der Waals surface area contributed by atoms with E-state index in [9.17, 15) is 18.3 Å². The van der Waals surface area contributed by atoms with Crippen molar-refractivity contribution in [2.75, 3.05) is 0 Å². The molecule has 1 heterocycles. The highest BCUT2D eigenvalue weighted by Gasteiger charge is 2.32. The van der Waals surface area contributed by atoms with Crippen LogP contribution in [0.3, 0.4) is 0 Å². The number of nitrogens with one attached hydrogen (secondary N) is 1. The highest BCUT2D eigenvalue weighted by molar-refractivity contribution is 5.61. The van der Waals surface area contributed by atoms with Crippen LogP contribution in [-0.4, -0.2) is 25.7 Å². The van der Waals surface area contributed by atoms with Crippen LogP contribution < -0.4 is 0 Å². The fourth-order valence-corrected chi connectivity index (χ4v) is 2.05. The summed E-state index contributed by atoms with van der Waals surface area (Å²) in [6, 6.07) is 3.19. The summed E-state index contributed by atoms with van der Waals surface area (Å²) >= 11 is 0. The quantitative estimate of drug-likeness (QED) is 0.889. The first-order valence-corrected chi connectivity index (χ1v) is 6.56. The minimum absolute atomic E-state index is 0.103. The first-order valence-electron chi connectivity index (χ1n) is 6.56. The van der Waals surface area contributed by atoms with Gasteiger partial charge in [0, 0.05) is 5.56 Å². The summed E-state index contributed by atoms with van der Waals surface area (Å²) in [4.78, 5) is 0. The van der Waals surface area contributed by atoms with Gasteiger partial charge in [-0.2, -0.15) is 13.2 Å². The molecule has 0 aliphatic carbocycles. The SMILES string of the molecule is CCCCC(O)c1ccc(C(F)(F)F)cc1-c1nnn[nH]1. The molecule has 1 aromatic carbocycles. The molecule has 1 unspecified atom stereocenters. The number of rotatable bonds is 5. The van der Waals surface area contributed by atoms with E-state index < -0.39 is 17.8 Å². The van der Waals surface area contributed by atoms with Crippen molar-refractivity contribution in [3.8, 4) is 11.4 Å². The summed E-state index contributed by atoms with van der Waals surface area (Å²) in [6.07, 6.45) is -3.19. The highest BCUT2D eigenvalue weighted by Crippen LogP contribution is 2.35. The Morgan fingerprint density at radius 3 is 2.67 bits per heavy atom. The van der Waals surface area contributed by atoms with Crippen LogP contribution in [0, 0.1) is 0 Å². The van der Waals surface area contributed by atoms with Gasteiger partial charge in [0.1, 0.15) is 0 Å². The summed E-state index contributed by atoms with van der Waals surface area (Å²) in [7, 11) is 0. The number of hydrogen-bond donors (Lipinski definition) is 2. The van der Waals surface area contributed by atoms with E-state index in [1.54, 1.807) is 0 Å². The molecule has 0 fully saturated rings. The molecule has 0 amide bonds. The smallest absolute Gasteiger partial charge is 0.388 e. The van der Waals surface area contributed by atoms with Gasteiger partial charge in [0.15, 0.2) is 5.82 Å². The molecule has 0 aliphatic heterocycles. The molecule has 8 heteroatoms. The van der Waals surface area contributed by atoms with Gasteiger partial charge in [0.05, 0.1) is 11.7 Å².